The first-order valence-corrected chi connectivity index (χ1v) is 13.9. The molecule has 2 atom stereocenters. The van der Waals surface area contributed by atoms with Crippen molar-refractivity contribution in [3.63, 3.8) is 0 Å². The first kappa shape index (κ1) is 30.3. The first-order chi connectivity index (χ1) is 18.3. The Morgan fingerprint density at radius 1 is 1.18 bits per heavy atom. The molecular weight excluding hydrogens is 607 g/mol. The zero-order valence-electron chi connectivity index (χ0n) is 20.4. The maximum atomic E-state index is 13.7. The number of hydrogen-bond acceptors (Lipinski definition) is 10. The highest BCUT2D eigenvalue weighted by Gasteiger charge is 2.27. The number of halogens is 4. The minimum atomic E-state index is -1.58. The number of thiazole rings is 1. The van der Waals surface area contributed by atoms with Crippen LogP contribution < -0.4 is 11.6 Å². The molecule has 0 fully saturated rings. The molecule has 0 aliphatic carbocycles. The number of aromatic nitrogens is 2. The van der Waals surface area contributed by atoms with E-state index < -0.39 is 29.0 Å². The first-order valence-electron chi connectivity index (χ1n) is 11.4. The SMILES string of the molecule is CCOCCOC(Sc1cncc(Br)c1)[C@H](CN(N)/C=C(\N)c1cc(F)c(F)c(F)c1)OCc1nccs1. The van der Waals surface area contributed by atoms with Gasteiger partial charge in [-0.3, -0.25) is 4.98 Å². The molecule has 0 saturated carbocycles. The van der Waals surface area contributed by atoms with E-state index in [2.05, 4.69) is 25.9 Å². The Labute approximate surface area is 235 Å². The van der Waals surface area contributed by atoms with E-state index in [9.17, 15) is 13.2 Å². The van der Waals surface area contributed by atoms with Crippen molar-refractivity contribution >= 4 is 44.7 Å². The smallest absolute Gasteiger partial charge is 0.194 e. The number of benzene rings is 1. The van der Waals surface area contributed by atoms with Crippen molar-refractivity contribution in [2.24, 2.45) is 11.6 Å². The van der Waals surface area contributed by atoms with Crippen molar-refractivity contribution in [1.29, 1.82) is 0 Å². The van der Waals surface area contributed by atoms with E-state index in [1.54, 1.807) is 18.6 Å². The molecule has 38 heavy (non-hydrogen) atoms. The number of nitrogens with two attached hydrogens (primary N) is 2. The lowest BCUT2D eigenvalue weighted by molar-refractivity contribution is -0.0605. The summed E-state index contributed by atoms with van der Waals surface area (Å²) in [6.07, 6.45) is 5.70. The quantitative estimate of drug-likeness (QED) is 0.0603. The van der Waals surface area contributed by atoms with Crippen molar-refractivity contribution < 1.29 is 27.4 Å². The van der Waals surface area contributed by atoms with Crippen molar-refractivity contribution in [2.45, 2.75) is 30.0 Å². The number of ether oxygens (including phenoxy) is 3. The van der Waals surface area contributed by atoms with E-state index in [0.29, 0.717) is 19.8 Å². The van der Waals surface area contributed by atoms with Gasteiger partial charge in [-0.05, 0) is 41.1 Å². The second-order valence-electron chi connectivity index (χ2n) is 7.70. The second-order valence-corrected chi connectivity index (χ2v) is 10.8. The van der Waals surface area contributed by atoms with Gasteiger partial charge in [-0.2, -0.15) is 0 Å². The third kappa shape index (κ3) is 9.52. The van der Waals surface area contributed by atoms with Gasteiger partial charge in [-0.15, -0.1) is 11.3 Å². The van der Waals surface area contributed by atoms with Gasteiger partial charge in [0.2, 0.25) is 0 Å². The van der Waals surface area contributed by atoms with E-state index in [1.165, 1.54) is 34.3 Å². The molecule has 0 bridgehead atoms. The molecule has 3 aromatic rings. The van der Waals surface area contributed by atoms with Crippen LogP contribution in [0.3, 0.4) is 0 Å². The van der Waals surface area contributed by atoms with Crippen LogP contribution in [0.15, 0.2) is 57.7 Å². The normalized spacial score (nSPS) is 13.5. The lowest BCUT2D eigenvalue weighted by Gasteiger charge is -2.30. The van der Waals surface area contributed by atoms with Crippen LogP contribution in [0.5, 0.6) is 0 Å². The van der Waals surface area contributed by atoms with Crippen LogP contribution in [0, 0.1) is 17.5 Å². The van der Waals surface area contributed by atoms with E-state index in [0.717, 1.165) is 26.5 Å². The maximum Gasteiger partial charge on any atom is 0.194 e. The number of hydrazine groups is 1. The van der Waals surface area contributed by atoms with Crippen LogP contribution in [-0.4, -0.2) is 52.9 Å². The Morgan fingerprint density at radius 2 is 1.95 bits per heavy atom. The monoisotopic (exact) mass is 633 g/mol. The van der Waals surface area contributed by atoms with Gasteiger partial charge in [0, 0.05) is 51.7 Å². The molecule has 0 amide bonds. The zero-order valence-corrected chi connectivity index (χ0v) is 23.6. The summed E-state index contributed by atoms with van der Waals surface area (Å²) < 4.78 is 59.3. The molecule has 2 heterocycles. The summed E-state index contributed by atoms with van der Waals surface area (Å²) in [7, 11) is 0. The molecule has 0 saturated heterocycles. The third-order valence-corrected chi connectivity index (χ3v) is 7.22. The van der Waals surface area contributed by atoms with Gasteiger partial charge in [-0.1, -0.05) is 11.8 Å². The number of nitrogens with zero attached hydrogens (tertiary/aromatic N) is 3. The maximum absolute atomic E-state index is 13.7. The molecule has 0 spiro atoms. The molecule has 4 N–H and O–H groups in total. The molecule has 3 rings (SSSR count). The fourth-order valence-corrected chi connectivity index (χ4v) is 5.25. The summed E-state index contributed by atoms with van der Waals surface area (Å²) in [6.45, 7) is 3.39. The lowest BCUT2D eigenvalue weighted by Crippen LogP contribution is -2.42. The number of thioether (sulfide) groups is 1. The molecule has 206 valence electrons. The molecule has 0 aliphatic heterocycles. The van der Waals surface area contributed by atoms with Crippen LogP contribution >= 0.6 is 39.0 Å². The Kier molecular flexibility index (Phi) is 12.3. The summed E-state index contributed by atoms with van der Waals surface area (Å²) in [6, 6.07) is 3.48. The van der Waals surface area contributed by atoms with Gasteiger partial charge in [0.05, 0.1) is 32.1 Å². The average molecular weight is 635 g/mol. The Hall–Kier alpha value is -2.20. The highest BCUT2D eigenvalue weighted by atomic mass is 79.9. The Bertz CT molecular complexity index is 1170. The van der Waals surface area contributed by atoms with Crippen LogP contribution in [-0.2, 0) is 20.8 Å². The lowest BCUT2D eigenvalue weighted by atomic mass is 10.1. The molecule has 14 heteroatoms. The summed E-state index contributed by atoms with van der Waals surface area (Å²) in [4.78, 5) is 9.27. The average Bonchev–Trinajstić information content (AvgIpc) is 3.40. The summed E-state index contributed by atoms with van der Waals surface area (Å²) in [5, 5.41) is 3.82. The Morgan fingerprint density at radius 3 is 2.61 bits per heavy atom. The summed E-state index contributed by atoms with van der Waals surface area (Å²) >= 11 is 6.24. The standard InChI is InChI=1S/C24H27BrF3N5O3S2/c1-2-34-4-5-35-24(38-17-9-16(25)10-31-11-17)21(36-14-22-32-3-6-37-22)13-33(30)12-20(29)15-7-18(26)23(28)19(27)8-15/h3,6-12,21,24H,2,4-5,13-14,29-30H2,1H3/b20-12-/t21-,24?/m0/s1. The molecule has 0 radical (unpaired) electrons. The van der Waals surface area contributed by atoms with Crippen molar-refractivity contribution in [3.8, 4) is 0 Å². The molecule has 1 unspecified atom stereocenters. The van der Waals surface area contributed by atoms with Gasteiger partial charge >= 0.3 is 0 Å². The summed E-state index contributed by atoms with van der Waals surface area (Å²) in [5.41, 5.74) is 5.32. The molecule has 1 aromatic carbocycles. The van der Waals surface area contributed by atoms with Gasteiger partial charge in [0.15, 0.2) is 17.5 Å². The zero-order chi connectivity index (χ0) is 27.5. The van der Waals surface area contributed by atoms with E-state index >= 15 is 0 Å². The topological polar surface area (TPSA) is 109 Å². The fraction of sp³-hybridized carbons (Fsp3) is 0.333. The van der Waals surface area contributed by atoms with Crippen molar-refractivity contribution in [3.05, 3.63) is 80.9 Å². The summed E-state index contributed by atoms with van der Waals surface area (Å²) in [5.74, 6) is 1.93. The predicted molar refractivity (Wildman–Crippen MR) is 144 cm³/mol. The van der Waals surface area contributed by atoms with Crippen LogP contribution in [0.25, 0.3) is 5.70 Å². The van der Waals surface area contributed by atoms with Crippen molar-refractivity contribution in [1.82, 2.24) is 15.0 Å². The van der Waals surface area contributed by atoms with Gasteiger partial charge in [-0.25, -0.2) is 24.0 Å². The van der Waals surface area contributed by atoms with E-state index in [4.69, 9.17) is 25.8 Å². The van der Waals surface area contributed by atoms with Gasteiger partial charge in [0.1, 0.15) is 16.5 Å². The van der Waals surface area contributed by atoms with E-state index in [-0.39, 0.29) is 24.4 Å². The number of rotatable bonds is 15. The minimum absolute atomic E-state index is 0.0591. The predicted octanol–water partition coefficient (Wildman–Crippen LogP) is 4.91. The van der Waals surface area contributed by atoms with Crippen LogP contribution in [0.1, 0.15) is 17.5 Å². The number of hydrogen-bond donors (Lipinski definition) is 2. The largest absolute Gasteiger partial charge is 0.397 e. The second kappa shape index (κ2) is 15.4. The van der Waals surface area contributed by atoms with Crippen LogP contribution in [0.2, 0.25) is 0 Å². The third-order valence-electron chi connectivity index (χ3n) is 4.87. The highest BCUT2D eigenvalue weighted by molar-refractivity contribution is 9.10. The van der Waals surface area contributed by atoms with Gasteiger partial charge < -0.3 is 25.0 Å². The molecule has 8 nitrogen and oxygen atoms in total. The molecule has 2 aromatic heterocycles. The number of pyridine rings is 1. The van der Waals surface area contributed by atoms with Gasteiger partial charge in [0.25, 0.3) is 0 Å². The van der Waals surface area contributed by atoms with E-state index in [1.807, 2.05) is 18.4 Å². The Balaban J connectivity index is 1.82. The highest BCUT2D eigenvalue weighted by Crippen LogP contribution is 2.30. The van der Waals surface area contributed by atoms with Crippen molar-refractivity contribution in [2.75, 3.05) is 26.4 Å². The molecular formula is C24H27BrF3N5O3S2. The molecule has 0 aliphatic rings. The fourth-order valence-electron chi connectivity index (χ4n) is 3.13. The minimum Gasteiger partial charge on any atom is -0.397 e. The van der Waals surface area contributed by atoms with Crippen LogP contribution in [0.4, 0.5) is 13.2 Å².